The molecular weight excluding hydrogens is 306 g/mol. The molecule has 2 aliphatic heterocycles. The molecule has 24 heavy (non-hydrogen) atoms. The number of carbonyl (C=O) groups is 1. The van der Waals surface area contributed by atoms with E-state index in [1.54, 1.807) is 6.26 Å². The number of rotatable bonds is 7. The van der Waals surface area contributed by atoms with E-state index in [4.69, 9.17) is 14.2 Å². The van der Waals surface area contributed by atoms with Crippen molar-refractivity contribution in [1.29, 1.82) is 0 Å². The Hall–Kier alpha value is -1.85. The summed E-state index contributed by atoms with van der Waals surface area (Å²) < 4.78 is 16.7. The van der Waals surface area contributed by atoms with Crippen molar-refractivity contribution in [3.8, 4) is 0 Å². The van der Waals surface area contributed by atoms with Gasteiger partial charge in [0, 0.05) is 19.1 Å². The van der Waals surface area contributed by atoms with E-state index in [-0.39, 0.29) is 12.0 Å². The zero-order valence-electron chi connectivity index (χ0n) is 13.9. The van der Waals surface area contributed by atoms with Gasteiger partial charge in [-0.1, -0.05) is 30.3 Å². The van der Waals surface area contributed by atoms with E-state index < -0.39 is 0 Å². The van der Waals surface area contributed by atoms with Crippen molar-refractivity contribution >= 4 is 5.91 Å². The topological polar surface area (TPSA) is 56.8 Å². The van der Waals surface area contributed by atoms with Gasteiger partial charge in [-0.05, 0) is 24.8 Å². The summed E-state index contributed by atoms with van der Waals surface area (Å²) in [4.78, 5) is 12.1. The molecule has 0 radical (unpaired) electrons. The van der Waals surface area contributed by atoms with Crippen molar-refractivity contribution in [2.75, 3.05) is 26.4 Å². The van der Waals surface area contributed by atoms with Crippen LogP contribution in [0.1, 0.15) is 24.8 Å². The van der Waals surface area contributed by atoms with Crippen molar-refractivity contribution in [3.05, 3.63) is 47.7 Å². The van der Waals surface area contributed by atoms with E-state index in [0.29, 0.717) is 31.2 Å². The van der Waals surface area contributed by atoms with Crippen molar-refractivity contribution in [2.45, 2.75) is 32.0 Å². The van der Waals surface area contributed by atoms with Crippen LogP contribution in [0.25, 0.3) is 0 Å². The molecule has 1 fully saturated rings. The lowest BCUT2D eigenvalue weighted by molar-refractivity contribution is -0.118. The van der Waals surface area contributed by atoms with Crippen molar-refractivity contribution in [3.63, 3.8) is 0 Å². The van der Waals surface area contributed by atoms with Crippen LogP contribution in [0.3, 0.4) is 0 Å². The first-order valence-corrected chi connectivity index (χ1v) is 8.63. The first-order valence-electron chi connectivity index (χ1n) is 8.63. The van der Waals surface area contributed by atoms with Gasteiger partial charge in [0.1, 0.15) is 6.10 Å². The average Bonchev–Trinajstić information content (AvgIpc) is 3.15. The lowest BCUT2D eigenvalue weighted by Gasteiger charge is -2.23. The van der Waals surface area contributed by atoms with Crippen LogP contribution in [0.4, 0.5) is 0 Å². The van der Waals surface area contributed by atoms with Crippen LogP contribution in [0.2, 0.25) is 0 Å². The third-order valence-corrected chi connectivity index (χ3v) is 4.42. The van der Waals surface area contributed by atoms with E-state index in [9.17, 15) is 4.79 Å². The normalized spacial score (nSPS) is 23.4. The molecule has 3 rings (SSSR count). The zero-order chi connectivity index (χ0) is 16.6. The average molecular weight is 331 g/mol. The first-order chi connectivity index (χ1) is 11.8. The molecule has 2 heterocycles. The summed E-state index contributed by atoms with van der Waals surface area (Å²) in [5.41, 5.74) is 1.87. The molecule has 1 aromatic carbocycles. The Balaban J connectivity index is 1.35. The quantitative estimate of drug-likeness (QED) is 0.834. The predicted molar refractivity (Wildman–Crippen MR) is 90.2 cm³/mol. The number of carbonyl (C=O) groups excluding carboxylic acids is 1. The highest BCUT2D eigenvalue weighted by atomic mass is 16.5. The van der Waals surface area contributed by atoms with Gasteiger partial charge in [0.15, 0.2) is 0 Å². The monoisotopic (exact) mass is 331 g/mol. The van der Waals surface area contributed by atoms with Crippen LogP contribution in [-0.4, -0.2) is 38.4 Å². The summed E-state index contributed by atoms with van der Waals surface area (Å²) in [6.07, 6.45) is 4.18. The molecule has 1 N–H and O–H groups in total. The minimum atomic E-state index is -0.0226. The lowest BCUT2D eigenvalue weighted by atomic mass is 10.0. The third-order valence-electron chi connectivity index (χ3n) is 4.42. The molecule has 1 saturated heterocycles. The fourth-order valence-corrected chi connectivity index (χ4v) is 2.89. The smallest absolute Gasteiger partial charge is 0.250 e. The van der Waals surface area contributed by atoms with Gasteiger partial charge in [-0.15, -0.1) is 0 Å². The molecule has 2 aliphatic rings. The maximum absolute atomic E-state index is 12.1. The van der Waals surface area contributed by atoms with Gasteiger partial charge in [0.25, 0.3) is 0 Å². The van der Waals surface area contributed by atoms with Crippen molar-refractivity contribution in [1.82, 2.24) is 5.32 Å². The summed E-state index contributed by atoms with van der Waals surface area (Å²) in [6, 6.07) is 10.1. The maximum atomic E-state index is 12.1. The van der Waals surface area contributed by atoms with Gasteiger partial charge in [0.05, 0.1) is 31.7 Å². The number of hydrogen-bond acceptors (Lipinski definition) is 4. The molecule has 5 nitrogen and oxygen atoms in total. The maximum Gasteiger partial charge on any atom is 0.250 e. The molecule has 0 saturated carbocycles. The number of hydrogen-bond donors (Lipinski definition) is 1. The molecule has 130 valence electrons. The highest BCUT2D eigenvalue weighted by Gasteiger charge is 2.22. The SMILES string of the molecule is O=C(NCC1CCOC1)C1=COC(COCc2ccccc2)CC1. The molecule has 2 unspecified atom stereocenters. The van der Waals surface area contributed by atoms with Gasteiger partial charge in [-0.25, -0.2) is 0 Å². The van der Waals surface area contributed by atoms with Crippen LogP contribution >= 0.6 is 0 Å². The van der Waals surface area contributed by atoms with E-state index in [1.807, 2.05) is 30.3 Å². The van der Waals surface area contributed by atoms with Crippen LogP contribution in [0, 0.1) is 5.92 Å². The summed E-state index contributed by atoms with van der Waals surface area (Å²) in [7, 11) is 0. The number of ether oxygens (including phenoxy) is 3. The minimum absolute atomic E-state index is 0.0218. The Bertz CT molecular complexity index is 552. The first kappa shape index (κ1) is 17.0. The standard InChI is InChI=1S/C19H25NO4/c21-19(20-10-16-8-9-22-12-16)17-6-7-18(24-13-17)14-23-11-15-4-2-1-3-5-15/h1-5,13,16,18H,6-12,14H2,(H,20,21). The second-order valence-electron chi connectivity index (χ2n) is 6.38. The fraction of sp³-hybridized carbons (Fsp3) is 0.526. The molecule has 1 amide bonds. The van der Waals surface area contributed by atoms with Gasteiger partial charge in [-0.2, -0.15) is 0 Å². The largest absolute Gasteiger partial charge is 0.495 e. The summed E-state index contributed by atoms with van der Waals surface area (Å²) in [5.74, 6) is 0.420. The molecule has 0 aliphatic carbocycles. The number of amides is 1. The Morgan fingerprint density at radius 3 is 2.83 bits per heavy atom. The highest BCUT2D eigenvalue weighted by molar-refractivity contribution is 5.93. The molecule has 0 bridgehead atoms. The molecule has 0 spiro atoms. The van der Waals surface area contributed by atoms with E-state index >= 15 is 0 Å². The van der Waals surface area contributed by atoms with E-state index in [0.717, 1.165) is 38.0 Å². The predicted octanol–water partition coefficient (Wildman–Crippen LogP) is 2.42. The molecule has 1 aromatic rings. The van der Waals surface area contributed by atoms with Crippen LogP contribution in [-0.2, 0) is 25.6 Å². The fourth-order valence-electron chi connectivity index (χ4n) is 2.89. The molecular formula is C19H25NO4. The van der Waals surface area contributed by atoms with Gasteiger partial charge >= 0.3 is 0 Å². The minimum Gasteiger partial charge on any atom is -0.495 e. The van der Waals surface area contributed by atoms with Crippen molar-refractivity contribution in [2.24, 2.45) is 5.92 Å². The Morgan fingerprint density at radius 1 is 1.25 bits per heavy atom. The second kappa shape index (κ2) is 8.85. The summed E-state index contributed by atoms with van der Waals surface area (Å²) in [5, 5.41) is 2.98. The molecule has 5 heteroatoms. The van der Waals surface area contributed by atoms with Crippen molar-refractivity contribution < 1.29 is 19.0 Å². The lowest BCUT2D eigenvalue weighted by Crippen LogP contribution is -2.32. The Morgan fingerprint density at radius 2 is 2.12 bits per heavy atom. The van der Waals surface area contributed by atoms with Gasteiger partial charge in [0.2, 0.25) is 5.91 Å². The third kappa shape index (κ3) is 5.08. The highest BCUT2D eigenvalue weighted by Crippen LogP contribution is 2.19. The molecule has 2 atom stereocenters. The van der Waals surface area contributed by atoms with Gasteiger partial charge in [-0.3, -0.25) is 4.79 Å². The number of nitrogens with one attached hydrogen (secondary N) is 1. The molecule has 0 aromatic heterocycles. The summed E-state index contributed by atoms with van der Waals surface area (Å²) in [6.45, 7) is 3.36. The Labute approximate surface area is 143 Å². The summed E-state index contributed by atoms with van der Waals surface area (Å²) >= 11 is 0. The second-order valence-corrected chi connectivity index (χ2v) is 6.38. The van der Waals surface area contributed by atoms with Gasteiger partial charge < -0.3 is 19.5 Å². The number of benzene rings is 1. The van der Waals surface area contributed by atoms with Crippen LogP contribution in [0.5, 0.6) is 0 Å². The van der Waals surface area contributed by atoms with E-state index in [2.05, 4.69) is 5.32 Å². The zero-order valence-corrected chi connectivity index (χ0v) is 13.9. The van der Waals surface area contributed by atoms with Crippen LogP contribution in [0.15, 0.2) is 42.2 Å². The Kier molecular flexibility index (Phi) is 6.26. The van der Waals surface area contributed by atoms with E-state index in [1.165, 1.54) is 0 Å². The van der Waals surface area contributed by atoms with Crippen LogP contribution < -0.4 is 5.32 Å².